The smallest absolute Gasteiger partial charge is 0.255 e. The third-order valence-corrected chi connectivity index (χ3v) is 9.31. The van der Waals surface area contributed by atoms with E-state index in [1.54, 1.807) is 25.3 Å². The number of methoxy groups -OCH3 is 1. The number of aliphatic hydroxyl groups excluding tert-OH is 1. The zero-order chi connectivity index (χ0) is 36.2. The van der Waals surface area contributed by atoms with Crippen LogP contribution < -0.4 is 26.4 Å². The highest BCUT2D eigenvalue weighted by molar-refractivity contribution is 6.00. The highest BCUT2D eigenvalue weighted by Crippen LogP contribution is 2.25. The first-order valence-electron chi connectivity index (χ1n) is 18.3. The van der Waals surface area contributed by atoms with E-state index < -0.39 is 12.1 Å². The first-order chi connectivity index (χ1) is 23.5. The number of nitrogens with zero attached hydrogens (tertiary/aromatic N) is 1. The minimum atomic E-state index is -0.855. The number of carbonyl (C=O) groups is 3. The van der Waals surface area contributed by atoms with Crippen LogP contribution in [0.4, 0.5) is 0 Å². The summed E-state index contributed by atoms with van der Waals surface area (Å²) in [6.45, 7) is 16.5. The maximum atomic E-state index is 13.5. The van der Waals surface area contributed by atoms with Crippen molar-refractivity contribution in [2.24, 2.45) is 29.4 Å². The molecule has 3 amide bonds. The van der Waals surface area contributed by atoms with Crippen LogP contribution in [0.15, 0.2) is 18.2 Å². The number of hydrogen-bond acceptors (Lipinski definition) is 9. The quantitative estimate of drug-likeness (QED) is 0.102. The summed E-state index contributed by atoms with van der Waals surface area (Å²) in [6.07, 6.45) is 3.36. The van der Waals surface area contributed by atoms with Crippen molar-refractivity contribution in [1.82, 2.24) is 20.9 Å². The van der Waals surface area contributed by atoms with Crippen molar-refractivity contribution in [3.63, 3.8) is 0 Å². The van der Waals surface area contributed by atoms with Crippen molar-refractivity contribution in [3.05, 3.63) is 29.3 Å². The highest BCUT2D eigenvalue weighted by atomic mass is 16.5. The molecule has 280 valence electrons. The number of nitrogens with one attached hydrogen (secondary N) is 3. The largest absolute Gasteiger partial charge is 0.493 e. The maximum Gasteiger partial charge on any atom is 0.255 e. The molecule has 0 spiro atoms. The van der Waals surface area contributed by atoms with Crippen LogP contribution in [0.3, 0.4) is 0 Å². The van der Waals surface area contributed by atoms with Crippen LogP contribution in [0.2, 0.25) is 0 Å². The van der Waals surface area contributed by atoms with Crippen LogP contribution >= 0.6 is 0 Å². The summed E-state index contributed by atoms with van der Waals surface area (Å²) < 4.78 is 16.6. The Morgan fingerprint density at radius 3 is 2.31 bits per heavy atom. The lowest BCUT2D eigenvalue weighted by Crippen LogP contribution is -2.44. The van der Waals surface area contributed by atoms with Crippen molar-refractivity contribution in [2.75, 3.05) is 72.8 Å². The molecule has 0 saturated carbocycles. The topological polar surface area (TPSA) is 164 Å². The molecule has 2 rings (SSSR count). The Bertz CT molecular complexity index is 1110. The standard InChI is InChI=1S/C37H65N5O7/c1-7-8-13-39-37(46)31(27(4)5)24-33(43)32(38)22-29(26(2)3)25-41-36(45)30-12-11-28(23-34(30)49-19-10-9-18-47-6)35(44)40-14-15-42-16-20-48-21-17-42/h11-12,23,26-27,29,31-33,43H,7-10,13-22,24-25,38H2,1-6H3,(H,39,46)(H,40,44)(H,41,45)/t29-,31+,32+,33+/m1/s1. The van der Waals surface area contributed by atoms with Crippen LogP contribution in [0, 0.1) is 23.7 Å². The summed E-state index contributed by atoms with van der Waals surface area (Å²) in [5.41, 5.74) is 7.28. The summed E-state index contributed by atoms with van der Waals surface area (Å²) in [5.74, 6) is -0.345. The molecular weight excluding hydrogens is 626 g/mol. The van der Waals surface area contributed by atoms with Crippen molar-refractivity contribution < 1.29 is 33.7 Å². The van der Waals surface area contributed by atoms with Gasteiger partial charge in [-0.3, -0.25) is 19.3 Å². The summed E-state index contributed by atoms with van der Waals surface area (Å²) >= 11 is 0. The summed E-state index contributed by atoms with van der Waals surface area (Å²) in [5, 5.41) is 20.1. The second kappa shape index (κ2) is 23.6. The van der Waals surface area contributed by atoms with Gasteiger partial charge in [0.2, 0.25) is 5.91 Å². The Hall–Kier alpha value is -2.77. The van der Waals surface area contributed by atoms with Crippen LogP contribution in [0.25, 0.3) is 0 Å². The molecule has 12 heteroatoms. The number of morpholine rings is 1. The molecule has 0 unspecified atom stereocenters. The monoisotopic (exact) mass is 691 g/mol. The zero-order valence-electron chi connectivity index (χ0n) is 30.9. The number of amides is 3. The molecule has 6 N–H and O–H groups in total. The van der Waals surface area contributed by atoms with Crippen molar-refractivity contribution in [1.29, 1.82) is 0 Å². The molecular formula is C37H65N5O7. The van der Waals surface area contributed by atoms with Gasteiger partial charge in [-0.05, 0) is 68.1 Å². The third-order valence-electron chi connectivity index (χ3n) is 9.31. The van der Waals surface area contributed by atoms with Gasteiger partial charge in [0.1, 0.15) is 5.75 Å². The molecule has 4 atom stereocenters. The van der Waals surface area contributed by atoms with Gasteiger partial charge in [-0.2, -0.15) is 0 Å². The molecule has 1 aliphatic heterocycles. The highest BCUT2D eigenvalue weighted by Gasteiger charge is 2.30. The number of aliphatic hydroxyl groups is 1. The van der Waals surface area contributed by atoms with Gasteiger partial charge in [-0.25, -0.2) is 0 Å². The van der Waals surface area contributed by atoms with Gasteiger partial charge in [0.25, 0.3) is 11.8 Å². The van der Waals surface area contributed by atoms with E-state index in [1.807, 2.05) is 13.8 Å². The van der Waals surface area contributed by atoms with E-state index in [9.17, 15) is 19.5 Å². The molecule has 0 radical (unpaired) electrons. The van der Waals surface area contributed by atoms with Gasteiger partial charge in [-0.1, -0.05) is 41.0 Å². The van der Waals surface area contributed by atoms with E-state index in [1.165, 1.54) is 0 Å². The predicted octanol–water partition coefficient (Wildman–Crippen LogP) is 3.21. The Balaban J connectivity index is 2.05. The molecule has 0 bridgehead atoms. The zero-order valence-corrected chi connectivity index (χ0v) is 30.9. The molecule has 1 saturated heterocycles. The molecule has 0 aliphatic carbocycles. The minimum Gasteiger partial charge on any atom is -0.493 e. The molecule has 12 nitrogen and oxygen atoms in total. The number of benzene rings is 1. The number of ether oxygens (including phenoxy) is 3. The fraction of sp³-hybridized carbons (Fsp3) is 0.757. The summed E-state index contributed by atoms with van der Waals surface area (Å²) in [4.78, 5) is 41.6. The van der Waals surface area contributed by atoms with Gasteiger partial charge in [0.15, 0.2) is 0 Å². The predicted molar refractivity (Wildman–Crippen MR) is 193 cm³/mol. The first-order valence-corrected chi connectivity index (χ1v) is 18.3. The first kappa shape index (κ1) is 42.4. The van der Waals surface area contributed by atoms with Crippen LogP contribution in [0.1, 0.15) is 93.9 Å². The second-order valence-corrected chi connectivity index (χ2v) is 13.9. The Morgan fingerprint density at radius 2 is 1.65 bits per heavy atom. The Labute approximate surface area is 294 Å². The second-order valence-electron chi connectivity index (χ2n) is 13.9. The minimum absolute atomic E-state index is 0.0144. The SMILES string of the molecule is CCCCNC(=O)[C@@H](C[C@H](O)[C@@H](N)C[C@H](CNC(=O)c1ccc(C(=O)NCCN2CCOCC2)cc1OCCCCOC)C(C)C)C(C)C. The number of hydrogen-bond donors (Lipinski definition) is 5. The van der Waals surface area contributed by atoms with Gasteiger partial charge >= 0.3 is 0 Å². The molecule has 1 heterocycles. The lowest BCUT2D eigenvalue weighted by molar-refractivity contribution is -0.127. The van der Waals surface area contributed by atoms with E-state index in [4.69, 9.17) is 19.9 Å². The van der Waals surface area contributed by atoms with Gasteiger partial charge < -0.3 is 41.0 Å². The number of rotatable bonds is 24. The molecule has 1 aromatic carbocycles. The van der Waals surface area contributed by atoms with Gasteiger partial charge in [0.05, 0.1) is 31.5 Å². The van der Waals surface area contributed by atoms with Crippen molar-refractivity contribution in [2.45, 2.75) is 85.3 Å². The van der Waals surface area contributed by atoms with Crippen molar-refractivity contribution >= 4 is 17.7 Å². The van der Waals surface area contributed by atoms with Gasteiger partial charge in [-0.15, -0.1) is 0 Å². The molecule has 1 aromatic rings. The van der Waals surface area contributed by atoms with E-state index in [-0.39, 0.29) is 47.8 Å². The lowest BCUT2D eigenvalue weighted by Gasteiger charge is -2.30. The van der Waals surface area contributed by atoms with Crippen LogP contribution in [0.5, 0.6) is 5.75 Å². The average molecular weight is 692 g/mol. The number of unbranched alkanes of at least 4 members (excludes halogenated alkanes) is 2. The normalized spacial score (nSPS) is 16.2. The van der Waals surface area contributed by atoms with Crippen molar-refractivity contribution in [3.8, 4) is 5.75 Å². The number of carbonyl (C=O) groups excluding carboxylic acids is 3. The maximum absolute atomic E-state index is 13.5. The van der Waals surface area contributed by atoms with E-state index >= 15 is 0 Å². The Kier molecular flexibility index (Phi) is 20.4. The molecule has 1 fully saturated rings. The Morgan fingerprint density at radius 1 is 0.939 bits per heavy atom. The summed E-state index contributed by atoms with van der Waals surface area (Å²) in [6, 6.07) is 4.35. The summed E-state index contributed by atoms with van der Waals surface area (Å²) in [7, 11) is 1.65. The van der Waals surface area contributed by atoms with E-state index in [0.717, 1.165) is 45.3 Å². The number of nitrogens with two attached hydrogens (primary N) is 1. The molecule has 49 heavy (non-hydrogen) atoms. The van der Waals surface area contributed by atoms with Gasteiger partial charge in [0, 0.05) is 70.5 Å². The van der Waals surface area contributed by atoms with Crippen LogP contribution in [-0.4, -0.2) is 113 Å². The molecule has 1 aliphatic rings. The third kappa shape index (κ3) is 15.8. The van der Waals surface area contributed by atoms with E-state index in [2.05, 4.69) is 41.6 Å². The molecule has 0 aromatic heterocycles. The fourth-order valence-electron chi connectivity index (χ4n) is 5.81. The average Bonchev–Trinajstić information content (AvgIpc) is 3.08. The lowest BCUT2D eigenvalue weighted by atomic mass is 9.83. The van der Waals surface area contributed by atoms with E-state index in [0.29, 0.717) is 69.4 Å². The van der Waals surface area contributed by atoms with Crippen LogP contribution in [-0.2, 0) is 14.3 Å². The fourth-order valence-corrected chi connectivity index (χ4v) is 5.81.